The van der Waals surface area contributed by atoms with E-state index < -0.39 is 46.7 Å². The lowest BCUT2D eigenvalue weighted by Gasteiger charge is -2.18. The second kappa shape index (κ2) is 26.2. The van der Waals surface area contributed by atoms with Crippen molar-refractivity contribution in [3.05, 3.63) is 143 Å². The zero-order chi connectivity index (χ0) is 53.2. The second-order valence-electron chi connectivity index (χ2n) is 15.3. The first-order chi connectivity index (χ1) is 34.0. The highest BCUT2D eigenvalue weighted by molar-refractivity contribution is 6.67. The molecule has 0 spiro atoms. The number of carbonyl (C=O) groups is 4. The number of rotatable bonds is 9. The molecule has 72 heavy (non-hydrogen) atoms. The maximum absolute atomic E-state index is 12.9. The van der Waals surface area contributed by atoms with Crippen LogP contribution in [0.2, 0.25) is 0 Å². The van der Waals surface area contributed by atoms with E-state index in [2.05, 4.69) is 46.5 Å². The number of carbonyl (C=O) groups excluding carboxylic acids is 4. The highest BCUT2D eigenvalue weighted by Crippen LogP contribution is 2.32. The third-order valence-corrected chi connectivity index (χ3v) is 10.3. The van der Waals surface area contributed by atoms with Crippen LogP contribution < -0.4 is 42.1 Å². The van der Waals surface area contributed by atoms with E-state index in [-0.39, 0.29) is 16.9 Å². The van der Waals surface area contributed by atoms with E-state index in [1.54, 1.807) is 58.4 Å². The summed E-state index contributed by atoms with van der Waals surface area (Å²) in [5.41, 5.74) is 6.56. The van der Waals surface area contributed by atoms with Crippen LogP contribution in [0.3, 0.4) is 0 Å². The average molecular weight is 1030 g/mol. The van der Waals surface area contributed by atoms with Crippen LogP contribution in [0.25, 0.3) is 0 Å². The molecule has 5 amide bonds. The van der Waals surface area contributed by atoms with Gasteiger partial charge in [-0.25, -0.2) is 29.5 Å². The molecule has 0 atom stereocenters. The number of nitrogens with zero attached hydrogens (tertiary/aromatic N) is 6. The molecule has 0 bridgehead atoms. The lowest BCUT2D eigenvalue weighted by atomic mass is 10.1. The molecule has 1 fully saturated rings. The van der Waals surface area contributed by atoms with Crippen LogP contribution in [0, 0.1) is 13.8 Å². The molecule has 3 heterocycles. The molecule has 0 radical (unpaired) electrons. The molecule has 1 aliphatic heterocycles. The number of urea groups is 2. The fraction of sp³-hybridized carbons (Fsp3) is 0.250. The summed E-state index contributed by atoms with van der Waals surface area (Å²) in [7, 11) is 6.52. The number of aromatic nitrogens is 4. The van der Waals surface area contributed by atoms with Gasteiger partial charge in [0.05, 0.1) is 11.1 Å². The lowest BCUT2D eigenvalue weighted by Crippen LogP contribution is -2.32. The van der Waals surface area contributed by atoms with E-state index in [0.717, 1.165) is 43.0 Å². The minimum atomic E-state index is -4.52. The van der Waals surface area contributed by atoms with Gasteiger partial charge in [0.25, 0.3) is 11.1 Å². The maximum atomic E-state index is 12.9. The predicted molar refractivity (Wildman–Crippen MR) is 266 cm³/mol. The van der Waals surface area contributed by atoms with Gasteiger partial charge in [-0.05, 0) is 110 Å². The fourth-order valence-corrected chi connectivity index (χ4v) is 6.04. The Morgan fingerprint density at radius 2 is 1.07 bits per heavy atom. The molecule has 0 unspecified atom stereocenters. The summed E-state index contributed by atoms with van der Waals surface area (Å²) in [6, 6.07) is 20.7. The smallest absolute Gasteiger partial charge is 0.399 e. The number of hydrogen-bond acceptors (Lipinski definition) is 12. The Labute approximate surface area is 415 Å². The van der Waals surface area contributed by atoms with Gasteiger partial charge in [-0.2, -0.15) is 26.3 Å². The van der Waals surface area contributed by atoms with Crippen molar-refractivity contribution in [3.8, 4) is 0 Å². The van der Waals surface area contributed by atoms with Gasteiger partial charge in [-0.15, -0.1) is 0 Å². The van der Waals surface area contributed by atoms with E-state index >= 15 is 0 Å². The van der Waals surface area contributed by atoms with Gasteiger partial charge in [-0.1, -0.05) is 24.3 Å². The van der Waals surface area contributed by atoms with E-state index in [1.807, 2.05) is 6.92 Å². The predicted octanol–water partition coefficient (Wildman–Crippen LogP) is 10.7. The Balaban J connectivity index is 0.000000246. The van der Waals surface area contributed by atoms with Gasteiger partial charge in [-0.3, -0.25) is 19.4 Å². The van der Waals surface area contributed by atoms with Crippen molar-refractivity contribution >= 4 is 80.8 Å². The quantitative estimate of drug-likeness (QED) is 0.0452. The van der Waals surface area contributed by atoms with Gasteiger partial charge < -0.3 is 37.1 Å². The van der Waals surface area contributed by atoms with Crippen molar-refractivity contribution in [2.75, 3.05) is 83.5 Å². The molecule has 2 aromatic heterocycles. The molecule has 1 saturated heterocycles. The van der Waals surface area contributed by atoms with Crippen LogP contribution in [0.15, 0.2) is 110 Å². The second-order valence-corrected chi connectivity index (χ2v) is 15.7. The number of halogens is 7. The number of alkyl halides is 6. The molecule has 0 aliphatic carbocycles. The summed E-state index contributed by atoms with van der Waals surface area (Å²) in [4.78, 5) is 67.6. The van der Waals surface area contributed by atoms with Crippen LogP contribution in [0.4, 0.5) is 82.0 Å². The first-order valence-corrected chi connectivity index (χ1v) is 21.9. The molecular weight excluding hydrogens is 974 g/mol. The summed E-state index contributed by atoms with van der Waals surface area (Å²) in [5.74, 6) is 1.30. The normalized spacial score (nSPS) is 11.7. The number of ether oxygens (including phenoxy) is 1. The number of nitrogen functional groups attached to an aromatic ring is 1. The van der Waals surface area contributed by atoms with Crippen LogP contribution in [-0.2, 0) is 17.1 Å². The lowest BCUT2D eigenvalue weighted by molar-refractivity contribution is -0.138. The number of hydrogen-bond donors (Lipinski definition) is 6. The number of aryl methyl sites for hydroxylation is 2. The van der Waals surface area contributed by atoms with Gasteiger partial charge in [0.2, 0.25) is 0 Å². The van der Waals surface area contributed by atoms with Crippen molar-refractivity contribution in [3.63, 3.8) is 0 Å². The topological polar surface area (TPSA) is 222 Å². The van der Waals surface area contributed by atoms with Gasteiger partial charge in [0, 0.05) is 87.4 Å². The van der Waals surface area contributed by atoms with Crippen LogP contribution in [0.1, 0.15) is 55.8 Å². The average Bonchev–Trinajstić information content (AvgIpc) is 3.96. The Hall–Kier alpha value is -8.05. The van der Waals surface area contributed by atoms with Crippen LogP contribution >= 0.6 is 11.6 Å². The molecule has 7 N–H and O–H groups in total. The Bertz CT molecular complexity index is 2810. The van der Waals surface area contributed by atoms with Crippen molar-refractivity contribution in [2.24, 2.45) is 0 Å². The SMILES string of the molecule is C1CCOC1.CNc1cc(N(C)C(=O)Nc2cc(C(=O)Cl)ccc2C)ncn1.CNc1cc(N(C)C(=O)Nc2cc(C(=O)Nc3cccc(C(F)(F)F)c3)ccc2C)ncn1.Nc1cccc(C(F)(F)F)c1. The highest BCUT2D eigenvalue weighted by atomic mass is 35.5. The summed E-state index contributed by atoms with van der Waals surface area (Å²) in [6.07, 6.45) is -3.58. The van der Waals surface area contributed by atoms with Crippen molar-refractivity contribution in [1.29, 1.82) is 0 Å². The zero-order valence-corrected chi connectivity index (χ0v) is 40.4. The van der Waals surface area contributed by atoms with E-state index in [0.29, 0.717) is 45.8 Å². The van der Waals surface area contributed by atoms with E-state index in [1.165, 1.54) is 84.8 Å². The molecular formula is C48H51ClF6N12O5. The van der Waals surface area contributed by atoms with Crippen molar-refractivity contribution < 1.29 is 50.3 Å². The van der Waals surface area contributed by atoms with E-state index in [4.69, 9.17) is 22.1 Å². The van der Waals surface area contributed by atoms with Crippen LogP contribution in [0.5, 0.6) is 0 Å². The standard InChI is InChI=1S/C22H21F3N6O2.C15H16ClN5O2.C7H6F3N.C4H8O/c1-13-7-8-14(20(32)29-16-6-4-5-15(10-16)22(23,24)25)9-17(13)30-21(33)31(3)19-11-18(26-2)27-12-28-19;1-9-4-5-10(14(16)22)6-11(9)20-15(23)21(3)13-7-12(17-2)18-8-19-13;8-7(9,10)5-2-1-3-6(11)4-5;1-2-4-5-3-1/h4-12H,1-3H3,(H,29,32)(H,30,33)(H,26,27,28);4-8H,1-3H3,(H,20,23)(H,17,18,19);1-4H,11H2;1-4H2. The number of nitrogens with one attached hydrogen (secondary N) is 5. The largest absolute Gasteiger partial charge is 0.416 e. The molecule has 17 nitrogen and oxygen atoms in total. The van der Waals surface area contributed by atoms with Gasteiger partial charge in [0.1, 0.15) is 35.9 Å². The summed E-state index contributed by atoms with van der Waals surface area (Å²) in [5, 5.41) is 13.0. The fourth-order valence-electron chi connectivity index (χ4n) is 5.92. The zero-order valence-electron chi connectivity index (χ0n) is 39.7. The molecule has 6 aromatic rings. The maximum Gasteiger partial charge on any atom is 0.416 e. The molecule has 382 valence electrons. The molecule has 1 aliphatic rings. The highest BCUT2D eigenvalue weighted by Gasteiger charge is 2.31. The molecule has 24 heteroatoms. The Morgan fingerprint density at radius 3 is 1.49 bits per heavy atom. The van der Waals surface area contributed by atoms with E-state index in [9.17, 15) is 45.5 Å². The number of benzene rings is 4. The van der Waals surface area contributed by atoms with Crippen LogP contribution in [-0.4, -0.2) is 84.6 Å². The van der Waals surface area contributed by atoms with Gasteiger partial charge in [0.15, 0.2) is 0 Å². The monoisotopic (exact) mass is 1020 g/mol. The summed E-state index contributed by atoms with van der Waals surface area (Å²) >= 11 is 5.47. The van der Waals surface area contributed by atoms with Crippen molar-refractivity contribution in [2.45, 2.75) is 39.0 Å². The Morgan fingerprint density at radius 1 is 0.611 bits per heavy atom. The molecule has 7 rings (SSSR count). The van der Waals surface area contributed by atoms with Crippen molar-refractivity contribution in [1.82, 2.24) is 19.9 Å². The third-order valence-electron chi connectivity index (χ3n) is 10.1. The molecule has 4 aromatic carbocycles. The number of amides is 5. The minimum Gasteiger partial charge on any atom is -0.399 e. The van der Waals surface area contributed by atoms with Gasteiger partial charge >= 0.3 is 24.4 Å². The summed E-state index contributed by atoms with van der Waals surface area (Å²) in [6.45, 7) is 5.57. The molecule has 0 saturated carbocycles. The number of anilines is 8. The first kappa shape index (κ1) is 56.5. The Kier molecular flexibility index (Phi) is 20.6. The third kappa shape index (κ3) is 17.4. The first-order valence-electron chi connectivity index (χ1n) is 21.5. The summed E-state index contributed by atoms with van der Waals surface area (Å²) < 4.78 is 79.4. The number of nitrogens with two attached hydrogens (primary N) is 1. The minimum absolute atomic E-state index is 0.00446.